The normalized spacial score (nSPS) is 9.86. The van der Waals surface area contributed by atoms with E-state index < -0.39 is 0 Å². The minimum Gasteiger partial charge on any atom is -0.483 e. The van der Waals surface area contributed by atoms with Gasteiger partial charge in [-0.25, -0.2) is 0 Å². The number of aryl methyl sites for hydroxylation is 1. The Bertz CT molecular complexity index is 295. The van der Waals surface area contributed by atoms with Crippen LogP contribution in [0, 0.1) is 6.92 Å². The molecule has 0 aliphatic carbocycles. The van der Waals surface area contributed by atoms with Crippen molar-refractivity contribution in [1.29, 1.82) is 0 Å². The van der Waals surface area contributed by atoms with Gasteiger partial charge in [0.15, 0.2) is 5.05 Å². The van der Waals surface area contributed by atoms with Crippen molar-refractivity contribution < 1.29 is 4.74 Å². The molecule has 0 aliphatic heterocycles. The Morgan fingerprint density at radius 1 is 1.36 bits per heavy atom. The number of thiocarbonyl (C=S) groups is 1. The standard InChI is InChI=1S/C11H15NOS/c1-9-3-5-10(6-4-9)11(14)13-8-2-7-12/h3-6H,2,7-8,12H2,1H3. The lowest BCUT2D eigenvalue weighted by molar-refractivity contribution is 0.310. The molecule has 0 radical (unpaired) electrons. The largest absolute Gasteiger partial charge is 0.483 e. The molecular formula is C11H15NOS. The van der Waals surface area contributed by atoms with Crippen molar-refractivity contribution in [2.45, 2.75) is 13.3 Å². The van der Waals surface area contributed by atoms with Gasteiger partial charge in [-0.05, 0) is 32.1 Å². The Morgan fingerprint density at radius 2 is 2.00 bits per heavy atom. The first-order valence-electron chi connectivity index (χ1n) is 4.68. The molecule has 1 rings (SSSR count). The first kappa shape index (κ1) is 11.1. The molecule has 0 unspecified atom stereocenters. The zero-order valence-corrected chi connectivity index (χ0v) is 9.14. The summed E-state index contributed by atoms with van der Waals surface area (Å²) in [6, 6.07) is 7.99. The van der Waals surface area contributed by atoms with Crippen LogP contribution in [-0.4, -0.2) is 18.2 Å². The van der Waals surface area contributed by atoms with Crippen LogP contribution >= 0.6 is 12.2 Å². The van der Waals surface area contributed by atoms with Gasteiger partial charge in [0.1, 0.15) is 0 Å². The van der Waals surface area contributed by atoms with Gasteiger partial charge in [-0.3, -0.25) is 0 Å². The molecule has 0 saturated heterocycles. The second-order valence-electron chi connectivity index (χ2n) is 3.14. The first-order valence-corrected chi connectivity index (χ1v) is 5.08. The van der Waals surface area contributed by atoms with Gasteiger partial charge in [-0.2, -0.15) is 0 Å². The lowest BCUT2D eigenvalue weighted by Crippen LogP contribution is -2.09. The summed E-state index contributed by atoms with van der Waals surface area (Å²) in [5, 5.41) is 0.554. The minimum atomic E-state index is 0.554. The number of benzene rings is 1. The zero-order valence-electron chi connectivity index (χ0n) is 8.32. The highest BCUT2D eigenvalue weighted by molar-refractivity contribution is 7.80. The lowest BCUT2D eigenvalue weighted by atomic mass is 10.2. The molecule has 0 spiro atoms. The molecule has 0 saturated carbocycles. The Morgan fingerprint density at radius 3 is 2.57 bits per heavy atom. The fourth-order valence-corrected chi connectivity index (χ4v) is 1.24. The second-order valence-corrected chi connectivity index (χ2v) is 3.51. The van der Waals surface area contributed by atoms with Gasteiger partial charge < -0.3 is 10.5 Å². The minimum absolute atomic E-state index is 0.554. The van der Waals surface area contributed by atoms with Crippen molar-refractivity contribution in [3.05, 3.63) is 35.4 Å². The highest BCUT2D eigenvalue weighted by Crippen LogP contribution is 2.06. The third-order valence-electron chi connectivity index (χ3n) is 1.87. The van der Waals surface area contributed by atoms with E-state index >= 15 is 0 Å². The fraction of sp³-hybridized carbons (Fsp3) is 0.364. The summed E-state index contributed by atoms with van der Waals surface area (Å²) in [7, 11) is 0. The van der Waals surface area contributed by atoms with E-state index in [2.05, 4.69) is 0 Å². The van der Waals surface area contributed by atoms with Gasteiger partial charge in [0, 0.05) is 5.56 Å². The summed E-state index contributed by atoms with van der Waals surface area (Å²) in [5.74, 6) is 0. The van der Waals surface area contributed by atoms with Crippen LogP contribution in [0.3, 0.4) is 0 Å². The number of hydrogen-bond acceptors (Lipinski definition) is 3. The highest BCUT2D eigenvalue weighted by Gasteiger charge is 2.00. The molecule has 0 atom stereocenters. The smallest absolute Gasteiger partial charge is 0.191 e. The Labute approximate surface area is 90.1 Å². The molecule has 0 heterocycles. The molecule has 0 amide bonds. The quantitative estimate of drug-likeness (QED) is 0.609. The van der Waals surface area contributed by atoms with E-state index in [-0.39, 0.29) is 0 Å². The van der Waals surface area contributed by atoms with Gasteiger partial charge in [0.2, 0.25) is 0 Å². The Kier molecular flexibility index (Phi) is 4.56. The van der Waals surface area contributed by atoms with E-state index in [1.165, 1.54) is 5.56 Å². The Hall–Kier alpha value is -0.930. The number of hydrogen-bond donors (Lipinski definition) is 1. The molecule has 2 nitrogen and oxygen atoms in total. The molecule has 0 fully saturated rings. The Balaban J connectivity index is 2.48. The van der Waals surface area contributed by atoms with E-state index in [0.717, 1.165) is 12.0 Å². The molecule has 0 aliphatic rings. The maximum Gasteiger partial charge on any atom is 0.191 e. The summed E-state index contributed by atoms with van der Waals surface area (Å²) in [5.41, 5.74) is 7.53. The first-order chi connectivity index (χ1) is 6.74. The van der Waals surface area contributed by atoms with E-state index in [0.29, 0.717) is 18.2 Å². The van der Waals surface area contributed by atoms with Gasteiger partial charge in [-0.15, -0.1) is 0 Å². The van der Waals surface area contributed by atoms with Crippen molar-refractivity contribution in [2.75, 3.05) is 13.2 Å². The molecule has 0 bridgehead atoms. The van der Waals surface area contributed by atoms with Crippen molar-refractivity contribution in [2.24, 2.45) is 5.73 Å². The maximum atomic E-state index is 5.36. The van der Waals surface area contributed by atoms with Crippen LogP contribution < -0.4 is 5.73 Å². The van der Waals surface area contributed by atoms with Crippen LogP contribution in [0.15, 0.2) is 24.3 Å². The highest BCUT2D eigenvalue weighted by atomic mass is 32.1. The molecule has 1 aromatic rings. The molecule has 0 aromatic heterocycles. The molecule has 3 heteroatoms. The number of rotatable bonds is 4. The topological polar surface area (TPSA) is 35.2 Å². The average molecular weight is 209 g/mol. The van der Waals surface area contributed by atoms with Crippen LogP contribution in [-0.2, 0) is 4.74 Å². The van der Waals surface area contributed by atoms with Crippen molar-refractivity contribution in [3.8, 4) is 0 Å². The maximum absolute atomic E-state index is 5.36. The molecule has 1 aromatic carbocycles. The van der Waals surface area contributed by atoms with E-state index in [4.69, 9.17) is 22.7 Å². The van der Waals surface area contributed by atoms with E-state index in [1.807, 2.05) is 31.2 Å². The third kappa shape index (κ3) is 3.44. The lowest BCUT2D eigenvalue weighted by Gasteiger charge is -2.06. The van der Waals surface area contributed by atoms with Gasteiger partial charge in [0.25, 0.3) is 0 Å². The summed E-state index contributed by atoms with van der Waals surface area (Å²) in [6.07, 6.45) is 0.839. The fourth-order valence-electron chi connectivity index (χ4n) is 1.02. The van der Waals surface area contributed by atoms with Crippen LogP contribution in [0.4, 0.5) is 0 Å². The molecular weight excluding hydrogens is 194 g/mol. The van der Waals surface area contributed by atoms with Crippen molar-refractivity contribution >= 4 is 17.3 Å². The summed E-state index contributed by atoms with van der Waals surface area (Å²) < 4.78 is 5.36. The predicted octanol–water partition coefficient (Wildman–Crippen LogP) is 2.04. The van der Waals surface area contributed by atoms with E-state index in [9.17, 15) is 0 Å². The zero-order chi connectivity index (χ0) is 10.4. The van der Waals surface area contributed by atoms with Crippen molar-refractivity contribution in [3.63, 3.8) is 0 Å². The van der Waals surface area contributed by atoms with Crippen LogP contribution in [0.5, 0.6) is 0 Å². The van der Waals surface area contributed by atoms with Crippen LogP contribution in [0.2, 0.25) is 0 Å². The van der Waals surface area contributed by atoms with Gasteiger partial charge in [-0.1, -0.05) is 29.8 Å². The monoisotopic (exact) mass is 209 g/mol. The third-order valence-corrected chi connectivity index (χ3v) is 2.22. The van der Waals surface area contributed by atoms with Crippen molar-refractivity contribution in [1.82, 2.24) is 0 Å². The second kappa shape index (κ2) is 5.73. The summed E-state index contributed by atoms with van der Waals surface area (Å²) >= 11 is 5.11. The van der Waals surface area contributed by atoms with Gasteiger partial charge in [0.05, 0.1) is 6.61 Å². The molecule has 76 valence electrons. The number of nitrogens with two attached hydrogens (primary N) is 1. The SMILES string of the molecule is Cc1ccc(C(=S)OCCCN)cc1. The van der Waals surface area contributed by atoms with E-state index in [1.54, 1.807) is 0 Å². The van der Waals surface area contributed by atoms with Gasteiger partial charge >= 0.3 is 0 Å². The average Bonchev–Trinajstić information content (AvgIpc) is 2.19. The number of ether oxygens (including phenoxy) is 1. The molecule has 14 heavy (non-hydrogen) atoms. The van der Waals surface area contributed by atoms with Crippen LogP contribution in [0.25, 0.3) is 0 Å². The molecule has 2 N–H and O–H groups in total. The van der Waals surface area contributed by atoms with Crippen LogP contribution in [0.1, 0.15) is 17.5 Å². The summed E-state index contributed by atoms with van der Waals surface area (Å²) in [6.45, 7) is 3.28. The summed E-state index contributed by atoms with van der Waals surface area (Å²) in [4.78, 5) is 0. The predicted molar refractivity (Wildman–Crippen MR) is 62.5 cm³/mol.